The summed E-state index contributed by atoms with van der Waals surface area (Å²) in [5, 5.41) is 13.2. The van der Waals surface area contributed by atoms with Crippen LogP contribution in [-0.2, 0) is 4.79 Å². The number of hydrogen-bond donors (Lipinski definition) is 3. The predicted molar refractivity (Wildman–Crippen MR) is 98.4 cm³/mol. The van der Waals surface area contributed by atoms with Gasteiger partial charge in [-0.15, -0.1) is 0 Å². The third-order valence-electron chi connectivity index (χ3n) is 4.88. The van der Waals surface area contributed by atoms with Crippen LogP contribution >= 0.6 is 0 Å². The first-order valence-corrected chi connectivity index (χ1v) is 8.80. The summed E-state index contributed by atoms with van der Waals surface area (Å²) < 4.78 is 0. The van der Waals surface area contributed by atoms with Gasteiger partial charge in [0, 0.05) is 11.6 Å². The minimum atomic E-state index is 0.0703. The molecule has 3 aromatic rings. The summed E-state index contributed by atoms with van der Waals surface area (Å²) in [5.41, 5.74) is 3.02. The van der Waals surface area contributed by atoms with E-state index in [2.05, 4.69) is 15.3 Å². The maximum atomic E-state index is 12.4. The Morgan fingerprint density at radius 2 is 1.92 bits per heavy atom. The van der Waals surface area contributed by atoms with Gasteiger partial charge in [0.15, 0.2) is 0 Å². The van der Waals surface area contributed by atoms with E-state index in [0.29, 0.717) is 17.1 Å². The number of aromatic hydroxyl groups is 1. The number of amides is 1. The first-order chi connectivity index (χ1) is 12.2. The molecule has 4 rings (SSSR count). The summed E-state index contributed by atoms with van der Waals surface area (Å²) in [6.45, 7) is 0. The maximum Gasteiger partial charge on any atom is 0.227 e. The van der Waals surface area contributed by atoms with Crippen molar-refractivity contribution < 1.29 is 9.90 Å². The average molecular weight is 335 g/mol. The number of benzene rings is 2. The second kappa shape index (κ2) is 6.59. The van der Waals surface area contributed by atoms with Gasteiger partial charge in [0.05, 0.1) is 16.6 Å². The van der Waals surface area contributed by atoms with Crippen molar-refractivity contribution >= 4 is 22.6 Å². The lowest BCUT2D eigenvalue weighted by Crippen LogP contribution is -2.24. The molecule has 0 spiro atoms. The average Bonchev–Trinajstić information content (AvgIpc) is 3.08. The highest BCUT2D eigenvalue weighted by molar-refractivity contribution is 5.93. The number of hydrogen-bond acceptors (Lipinski definition) is 3. The number of rotatable bonds is 3. The molecule has 2 aromatic carbocycles. The molecule has 25 heavy (non-hydrogen) atoms. The topological polar surface area (TPSA) is 78.0 Å². The number of phenols is 1. The molecule has 0 bridgehead atoms. The number of phenolic OH excluding ortho intramolecular Hbond substituents is 1. The van der Waals surface area contributed by atoms with Crippen molar-refractivity contribution in [2.45, 2.75) is 32.1 Å². The Kier molecular flexibility index (Phi) is 4.14. The van der Waals surface area contributed by atoms with Gasteiger partial charge in [-0.05, 0) is 43.2 Å². The number of aromatic nitrogens is 2. The molecule has 5 nitrogen and oxygen atoms in total. The maximum absolute atomic E-state index is 12.4. The summed E-state index contributed by atoms with van der Waals surface area (Å²) in [7, 11) is 0. The van der Waals surface area contributed by atoms with Gasteiger partial charge in [0.1, 0.15) is 11.6 Å². The van der Waals surface area contributed by atoms with Gasteiger partial charge >= 0.3 is 0 Å². The van der Waals surface area contributed by atoms with Gasteiger partial charge in [-0.25, -0.2) is 4.98 Å². The van der Waals surface area contributed by atoms with E-state index in [4.69, 9.17) is 0 Å². The van der Waals surface area contributed by atoms with Gasteiger partial charge in [0.25, 0.3) is 0 Å². The third-order valence-corrected chi connectivity index (χ3v) is 4.88. The Balaban J connectivity index is 1.60. The summed E-state index contributed by atoms with van der Waals surface area (Å²) in [5.74, 6) is 0.889. The van der Waals surface area contributed by atoms with Gasteiger partial charge in [-0.1, -0.05) is 31.4 Å². The number of imidazole rings is 1. The standard InChI is InChI=1S/C20H21N3O2/c24-18-11-10-14(21-20(25)13-6-2-1-3-7-13)12-15(18)19-22-16-8-4-5-9-17(16)23-19/h4-5,8-13,24H,1-3,6-7H2,(H,21,25)(H,22,23). The molecule has 1 saturated carbocycles. The van der Waals surface area contributed by atoms with Crippen LogP contribution in [0.15, 0.2) is 42.5 Å². The lowest BCUT2D eigenvalue weighted by Gasteiger charge is -2.20. The van der Waals surface area contributed by atoms with Crippen LogP contribution in [0.1, 0.15) is 32.1 Å². The van der Waals surface area contributed by atoms with Crippen LogP contribution in [0, 0.1) is 5.92 Å². The third kappa shape index (κ3) is 3.22. The quantitative estimate of drug-likeness (QED) is 0.619. The summed E-state index contributed by atoms with van der Waals surface area (Å²) in [6.07, 6.45) is 5.38. The zero-order valence-corrected chi connectivity index (χ0v) is 14.0. The Morgan fingerprint density at radius 3 is 2.72 bits per heavy atom. The first kappa shape index (κ1) is 15.7. The first-order valence-electron chi connectivity index (χ1n) is 8.80. The number of aromatic amines is 1. The van der Waals surface area contributed by atoms with Gasteiger partial charge in [0.2, 0.25) is 5.91 Å². The van der Waals surface area contributed by atoms with Crippen molar-refractivity contribution in [2.75, 3.05) is 5.32 Å². The second-order valence-electron chi connectivity index (χ2n) is 6.66. The van der Waals surface area contributed by atoms with Crippen LogP contribution < -0.4 is 5.32 Å². The summed E-state index contributed by atoms with van der Waals surface area (Å²) in [6, 6.07) is 12.8. The number of anilines is 1. The van der Waals surface area contributed by atoms with E-state index in [1.165, 1.54) is 6.42 Å². The fourth-order valence-corrected chi connectivity index (χ4v) is 3.49. The Hall–Kier alpha value is -2.82. The van der Waals surface area contributed by atoms with Crippen LogP contribution in [-0.4, -0.2) is 21.0 Å². The Morgan fingerprint density at radius 1 is 1.12 bits per heavy atom. The van der Waals surface area contributed by atoms with Crippen molar-refractivity contribution in [3.63, 3.8) is 0 Å². The van der Waals surface area contributed by atoms with Gasteiger partial charge < -0.3 is 15.4 Å². The molecule has 0 unspecified atom stereocenters. The van der Waals surface area contributed by atoms with E-state index in [-0.39, 0.29) is 17.6 Å². The van der Waals surface area contributed by atoms with Crippen LogP contribution in [0.3, 0.4) is 0 Å². The molecule has 128 valence electrons. The molecule has 5 heteroatoms. The zero-order chi connectivity index (χ0) is 17.2. The van der Waals surface area contributed by atoms with Crippen LogP contribution in [0.4, 0.5) is 5.69 Å². The predicted octanol–water partition coefficient (Wildman–Crippen LogP) is 4.45. The van der Waals surface area contributed by atoms with E-state index in [1.807, 2.05) is 24.3 Å². The molecule has 1 aliphatic carbocycles. The van der Waals surface area contributed by atoms with Crippen molar-refractivity contribution in [2.24, 2.45) is 5.92 Å². The van der Waals surface area contributed by atoms with Crippen LogP contribution in [0.5, 0.6) is 5.75 Å². The lowest BCUT2D eigenvalue weighted by molar-refractivity contribution is -0.120. The molecule has 1 amide bonds. The zero-order valence-electron chi connectivity index (χ0n) is 14.0. The number of nitrogens with one attached hydrogen (secondary N) is 2. The van der Waals surface area contributed by atoms with Gasteiger partial charge in [-0.3, -0.25) is 4.79 Å². The number of fused-ring (bicyclic) bond motifs is 1. The van der Waals surface area contributed by atoms with E-state index >= 15 is 0 Å². The highest BCUT2D eigenvalue weighted by Gasteiger charge is 2.21. The fraction of sp³-hybridized carbons (Fsp3) is 0.300. The molecule has 1 aliphatic rings. The summed E-state index contributed by atoms with van der Waals surface area (Å²) in [4.78, 5) is 20.2. The van der Waals surface area contributed by atoms with Crippen molar-refractivity contribution in [3.05, 3.63) is 42.5 Å². The molecule has 1 heterocycles. The monoisotopic (exact) mass is 335 g/mol. The summed E-state index contributed by atoms with van der Waals surface area (Å²) >= 11 is 0. The molecular weight excluding hydrogens is 314 g/mol. The SMILES string of the molecule is O=C(Nc1ccc(O)c(-c2nc3ccccc3[nH]2)c1)C1CCCCC1. The van der Waals surface area contributed by atoms with Crippen LogP contribution in [0.2, 0.25) is 0 Å². The molecule has 3 N–H and O–H groups in total. The van der Waals surface area contributed by atoms with Crippen molar-refractivity contribution in [3.8, 4) is 17.1 Å². The van der Waals surface area contributed by atoms with Gasteiger partial charge in [-0.2, -0.15) is 0 Å². The number of carbonyl (C=O) groups excluding carboxylic acids is 1. The Labute approximate surface area is 146 Å². The number of H-pyrrole nitrogens is 1. The van der Waals surface area contributed by atoms with Crippen molar-refractivity contribution in [1.82, 2.24) is 9.97 Å². The van der Waals surface area contributed by atoms with Crippen LogP contribution in [0.25, 0.3) is 22.4 Å². The smallest absolute Gasteiger partial charge is 0.227 e. The second-order valence-corrected chi connectivity index (χ2v) is 6.66. The molecule has 0 saturated heterocycles. The molecule has 1 fully saturated rings. The highest BCUT2D eigenvalue weighted by Crippen LogP contribution is 2.32. The molecule has 0 aliphatic heterocycles. The number of nitrogens with zero attached hydrogens (tertiary/aromatic N) is 1. The normalized spacial score (nSPS) is 15.4. The molecular formula is C20H21N3O2. The molecule has 0 atom stereocenters. The highest BCUT2D eigenvalue weighted by atomic mass is 16.3. The fourth-order valence-electron chi connectivity index (χ4n) is 3.49. The number of carbonyl (C=O) groups is 1. The molecule has 1 aromatic heterocycles. The minimum absolute atomic E-state index is 0.0703. The Bertz CT molecular complexity index is 877. The van der Waals surface area contributed by atoms with E-state index in [9.17, 15) is 9.90 Å². The minimum Gasteiger partial charge on any atom is -0.507 e. The largest absolute Gasteiger partial charge is 0.507 e. The van der Waals surface area contributed by atoms with E-state index in [0.717, 1.165) is 36.7 Å². The van der Waals surface area contributed by atoms with Crippen molar-refractivity contribution in [1.29, 1.82) is 0 Å². The lowest BCUT2D eigenvalue weighted by atomic mass is 9.88. The molecule has 0 radical (unpaired) electrons. The number of para-hydroxylation sites is 2. The van der Waals surface area contributed by atoms with E-state index < -0.39 is 0 Å². The van der Waals surface area contributed by atoms with E-state index in [1.54, 1.807) is 18.2 Å².